The summed E-state index contributed by atoms with van der Waals surface area (Å²) in [5, 5.41) is 32.7. The third kappa shape index (κ3) is 5.48. The van der Waals surface area contributed by atoms with E-state index in [9.17, 15) is 33.0 Å². The fourth-order valence-corrected chi connectivity index (χ4v) is 8.18. The van der Waals surface area contributed by atoms with Crippen LogP contribution in [0.25, 0.3) is 11.2 Å². The molecule has 35 heavy (non-hydrogen) atoms. The smallest absolute Gasteiger partial charge is 0.345 e. The number of sulfone groups is 1. The zero-order valence-electron chi connectivity index (χ0n) is 18.6. The summed E-state index contributed by atoms with van der Waals surface area (Å²) >= 11 is 6.20. The molecule has 0 amide bonds. The molecule has 0 aromatic carbocycles. The molecule has 2 fully saturated rings. The highest BCUT2D eigenvalue weighted by atomic mass is 35.5. The summed E-state index contributed by atoms with van der Waals surface area (Å²) in [4.78, 5) is 21.0. The van der Waals surface area contributed by atoms with Crippen molar-refractivity contribution in [2.24, 2.45) is 0 Å². The lowest BCUT2D eigenvalue weighted by Gasteiger charge is -2.21. The molecule has 4 rings (SSSR count). The van der Waals surface area contributed by atoms with Crippen LogP contribution in [0.5, 0.6) is 0 Å². The fraction of sp³-hybridized carbons (Fsp3) is 0.722. The Bertz CT molecular complexity index is 1220. The summed E-state index contributed by atoms with van der Waals surface area (Å²) in [6, 6.07) is 1.84. The lowest BCUT2D eigenvalue weighted by molar-refractivity contribution is -0.0375. The number of fused-ring (bicyclic) bond motifs is 1. The van der Waals surface area contributed by atoms with Crippen LogP contribution < -0.4 is 5.32 Å². The van der Waals surface area contributed by atoms with E-state index in [1.54, 1.807) is 6.07 Å². The van der Waals surface area contributed by atoms with Crippen LogP contribution >= 0.6 is 19.2 Å². The van der Waals surface area contributed by atoms with Crippen molar-refractivity contribution in [2.45, 2.75) is 61.3 Å². The van der Waals surface area contributed by atoms with Crippen LogP contribution in [-0.4, -0.2) is 97.2 Å². The molecular weight excluding hydrogens is 529 g/mol. The zero-order valence-corrected chi connectivity index (χ0v) is 21.1. The minimum absolute atomic E-state index is 0.123. The van der Waals surface area contributed by atoms with Crippen LogP contribution in [0, 0.1) is 0 Å². The predicted octanol–water partition coefficient (Wildman–Crippen LogP) is 0.0184. The monoisotopic (exact) mass is 555 g/mol. The summed E-state index contributed by atoms with van der Waals surface area (Å²) in [5.74, 6) is -0.976. The van der Waals surface area contributed by atoms with Crippen molar-refractivity contribution in [2.75, 3.05) is 24.8 Å². The highest BCUT2D eigenvalue weighted by Gasteiger charge is 2.50. The van der Waals surface area contributed by atoms with Gasteiger partial charge in [-0.05, 0) is 12.8 Å². The normalized spacial score (nSPS) is 27.0. The molecule has 1 unspecified atom stereocenters. The minimum Gasteiger partial charge on any atom is -0.387 e. The first kappa shape index (κ1) is 26.6. The Labute approximate surface area is 205 Å². The molecule has 1 aliphatic heterocycles. The molecule has 1 saturated carbocycles. The van der Waals surface area contributed by atoms with Gasteiger partial charge in [-0.2, -0.15) is 4.68 Å². The Morgan fingerprint density at radius 1 is 1.31 bits per heavy atom. The number of pyridine rings is 1. The van der Waals surface area contributed by atoms with Crippen molar-refractivity contribution < 1.29 is 42.5 Å². The van der Waals surface area contributed by atoms with E-state index >= 15 is 0 Å². The third-order valence-corrected chi connectivity index (χ3v) is 10.8. The van der Waals surface area contributed by atoms with E-state index in [1.165, 1.54) is 0 Å². The first-order valence-electron chi connectivity index (χ1n) is 10.9. The van der Waals surface area contributed by atoms with Crippen molar-refractivity contribution in [3.05, 3.63) is 11.2 Å². The number of anilines is 1. The van der Waals surface area contributed by atoms with Crippen LogP contribution in [0.2, 0.25) is 5.15 Å². The Kier molecular flexibility index (Phi) is 7.72. The first-order chi connectivity index (χ1) is 16.4. The number of halogens is 1. The number of methoxy groups -OCH3 is 1. The number of aromatic nitrogens is 4. The molecule has 196 valence electrons. The van der Waals surface area contributed by atoms with Gasteiger partial charge in [0.05, 0.1) is 18.0 Å². The lowest BCUT2D eigenvalue weighted by Crippen LogP contribution is -2.39. The molecule has 1 aliphatic carbocycles. The van der Waals surface area contributed by atoms with Gasteiger partial charge in [-0.15, -0.1) is 5.10 Å². The molecule has 14 nitrogen and oxygen atoms in total. The second-order valence-corrected chi connectivity index (χ2v) is 13.5. The quantitative estimate of drug-likeness (QED) is 0.204. The number of rotatable bonds is 9. The summed E-state index contributed by atoms with van der Waals surface area (Å²) in [6.07, 6.45) is -2.06. The van der Waals surface area contributed by atoms with Crippen LogP contribution in [-0.2, 0) is 23.9 Å². The Morgan fingerprint density at radius 2 is 2.00 bits per heavy atom. The van der Waals surface area contributed by atoms with Gasteiger partial charge in [-0.25, -0.2) is 13.4 Å². The highest BCUT2D eigenvalue weighted by molar-refractivity contribution is 7.98. The third-order valence-electron chi connectivity index (χ3n) is 6.19. The summed E-state index contributed by atoms with van der Waals surface area (Å²) in [7, 11) is -8.52. The Morgan fingerprint density at radius 3 is 2.63 bits per heavy atom. The average Bonchev–Trinajstić information content (AvgIpc) is 3.48. The highest BCUT2D eigenvalue weighted by Crippen LogP contribution is 2.45. The number of hydrogen-bond donors (Lipinski definition) is 5. The van der Waals surface area contributed by atoms with E-state index in [-0.39, 0.29) is 16.8 Å². The lowest BCUT2D eigenvalue weighted by atomic mass is 10.1. The van der Waals surface area contributed by atoms with Crippen LogP contribution in [0.3, 0.4) is 0 Å². The van der Waals surface area contributed by atoms with E-state index < -0.39 is 59.3 Å². The van der Waals surface area contributed by atoms with Crippen molar-refractivity contribution >= 4 is 45.9 Å². The van der Waals surface area contributed by atoms with Gasteiger partial charge in [-0.3, -0.25) is 4.57 Å². The van der Waals surface area contributed by atoms with Gasteiger partial charge < -0.3 is 34.8 Å². The van der Waals surface area contributed by atoms with E-state index in [0.29, 0.717) is 11.2 Å². The van der Waals surface area contributed by atoms with E-state index in [2.05, 4.69) is 25.3 Å². The zero-order chi connectivity index (χ0) is 25.5. The maximum Gasteiger partial charge on any atom is 0.345 e. The van der Waals surface area contributed by atoms with Gasteiger partial charge in [-0.1, -0.05) is 29.7 Å². The van der Waals surface area contributed by atoms with E-state index in [4.69, 9.17) is 16.3 Å². The van der Waals surface area contributed by atoms with Gasteiger partial charge in [0.2, 0.25) is 0 Å². The average molecular weight is 556 g/mol. The van der Waals surface area contributed by atoms with Crippen LogP contribution in [0.15, 0.2) is 6.07 Å². The second kappa shape index (κ2) is 10.1. The van der Waals surface area contributed by atoms with Crippen molar-refractivity contribution in [3.8, 4) is 0 Å². The van der Waals surface area contributed by atoms with E-state index in [0.717, 1.165) is 37.5 Å². The molecule has 1 saturated heterocycles. The van der Waals surface area contributed by atoms with Crippen molar-refractivity contribution in [1.29, 1.82) is 0 Å². The number of nitrogens with one attached hydrogen (secondary N) is 1. The topological polar surface area (TPSA) is 206 Å². The fourth-order valence-electron chi connectivity index (χ4n) is 4.42. The standard InChI is InChI=1S/C18H27ClN5O9PS/c1-32-7-13(34(27,28)29)35(30,31)8-11-15(25)16(26)18(33-11)24-17-14(22-23-24)10(6-12(19)21-17)20-9-4-2-3-5-9/h6,9,11,13,15-16,18,25-26H,2-5,7-8H2,1H3,(H,20,21)(H2,27,28,29)/t11-,13?,15-,16-,18-/m1/s1. The SMILES string of the molecule is COCC(P(=O)(O)O)S(=O)(=O)C[C@H]1O[C@@H](n2nnc3c(NC4CCCC4)cc(Cl)nc32)[C@H](O)[C@@H]1O. The molecule has 5 N–H and O–H groups in total. The molecule has 0 spiro atoms. The second-order valence-electron chi connectivity index (χ2n) is 8.70. The molecule has 0 bridgehead atoms. The summed E-state index contributed by atoms with van der Waals surface area (Å²) in [6.45, 7) is -0.756. The number of aliphatic hydroxyl groups excluding tert-OH is 2. The molecular formula is C18H27ClN5O9PS. The van der Waals surface area contributed by atoms with E-state index in [1.807, 2.05) is 0 Å². The van der Waals surface area contributed by atoms with Crippen LogP contribution in [0.4, 0.5) is 5.69 Å². The van der Waals surface area contributed by atoms with Gasteiger partial charge in [0, 0.05) is 19.2 Å². The van der Waals surface area contributed by atoms with Crippen molar-refractivity contribution in [1.82, 2.24) is 20.0 Å². The number of ether oxygens (including phenoxy) is 2. The van der Waals surface area contributed by atoms with Crippen LogP contribution in [0.1, 0.15) is 31.9 Å². The summed E-state index contributed by atoms with van der Waals surface area (Å²) in [5.41, 5.74) is 1.09. The maximum atomic E-state index is 12.7. The molecule has 2 aromatic rings. The molecule has 0 radical (unpaired) electrons. The molecule has 17 heteroatoms. The van der Waals surface area contributed by atoms with Crippen molar-refractivity contribution in [3.63, 3.8) is 0 Å². The Hall–Kier alpha value is -1.42. The maximum absolute atomic E-state index is 12.7. The largest absolute Gasteiger partial charge is 0.387 e. The van der Waals surface area contributed by atoms with Gasteiger partial charge in [0.25, 0.3) is 0 Å². The van der Waals surface area contributed by atoms with Gasteiger partial charge >= 0.3 is 7.60 Å². The molecule has 3 heterocycles. The first-order valence-corrected chi connectivity index (χ1v) is 14.6. The minimum atomic E-state index is -5.10. The van der Waals surface area contributed by atoms with Gasteiger partial charge in [0.1, 0.15) is 23.5 Å². The summed E-state index contributed by atoms with van der Waals surface area (Å²) < 4.78 is 48.5. The molecule has 5 atom stereocenters. The predicted molar refractivity (Wildman–Crippen MR) is 124 cm³/mol. The number of aliphatic hydroxyl groups is 2. The number of nitrogens with zero attached hydrogens (tertiary/aromatic N) is 4. The van der Waals surface area contributed by atoms with Gasteiger partial charge in [0.15, 0.2) is 32.2 Å². The Balaban J connectivity index is 1.60. The number of hydrogen-bond acceptors (Lipinski definition) is 11. The molecule has 2 aliphatic rings. The molecule has 2 aromatic heterocycles.